The first-order chi connectivity index (χ1) is 15.0. The molecule has 2 heterocycles. The zero-order valence-corrected chi connectivity index (χ0v) is 20.4. The standard InChI is InChI=1S/C22H30ClN3O5S/c1-22(2,30-3)14-26-9-7-20(25-26)24-21(27)17(11-15-8-10-31-13-15)16-5-6-19(18(23)12-16)32(4,28)29/h5-7,9,12,15,17H,8,10-11,13-14H2,1-4H3,(H,24,25,27)/t15?,17-/m1/s1. The summed E-state index contributed by atoms with van der Waals surface area (Å²) in [6, 6.07) is 6.42. The van der Waals surface area contributed by atoms with Crippen LogP contribution in [-0.4, -0.2) is 56.3 Å². The number of halogens is 1. The molecule has 1 fully saturated rings. The van der Waals surface area contributed by atoms with Gasteiger partial charge in [0.15, 0.2) is 15.7 Å². The number of rotatable bonds is 9. The Bertz CT molecular complexity index is 1060. The maximum absolute atomic E-state index is 13.3. The lowest BCUT2D eigenvalue weighted by molar-refractivity contribution is -0.118. The number of hydrogen-bond donors (Lipinski definition) is 1. The molecule has 3 rings (SSSR count). The third kappa shape index (κ3) is 6.31. The van der Waals surface area contributed by atoms with Crippen LogP contribution in [0.2, 0.25) is 5.02 Å². The molecule has 1 saturated heterocycles. The number of benzene rings is 1. The number of methoxy groups -OCH3 is 1. The van der Waals surface area contributed by atoms with E-state index < -0.39 is 21.4 Å². The molecule has 2 aromatic rings. The molecule has 1 N–H and O–H groups in total. The second-order valence-corrected chi connectivity index (χ2v) is 11.2. The monoisotopic (exact) mass is 483 g/mol. The first kappa shape index (κ1) is 24.7. The van der Waals surface area contributed by atoms with E-state index in [2.05, 4.69) is 10.4 Å². The Balaban J connectivity index is 1.82. The lowest BCUT2D eigenvalue weighted by Crippen LogP contribution is -2.29. The number of carbonyl (C=O) groups is 1. The van der Waals surface area contributed by atoms with Crippen molar-refractivity contribution in [3.05, 3.63) is 41.0 Å². The van der Waals surface area contributed by atoms with Crippen LogP contribution in [0.1, 0.15) is 38.2 Å². The molecule has 1 aliphatic rings. The average Bonchev–Trinajstić information content (AvgIpc) is 3.36. The van der Waals surface area contributed by atoms with Crippen molar-refractivity contribution < 1.29 is 22.7 Å². The molecule has 1 aromatic heterocycles. The highest BCUT2D eigenvalue weighted by molar-refractivity contribution is 7.90. The average molecular weight is 484 g/mol. The van der Waals surface area contributed by atoms with Gasteiger partial charge in [-0.3, -0.25) is 9.48 Å². The summed E-state index contributed by atoms with van der Waals surface area (Å²) in [6.45, 7) is 5.71. The van der Waals surface area contributed by atoms with Crippen LogP contribution >= 0.6 is 11.6 Å². The molecule has 1 aliphatic heterocycles. The molecule has 32 heavy (non-hydrogen) atoms. The van der Waals surface area contributed by atoms with Gasteiger partial charge in [0.2, 0.25) is 5.91 Å². The first-order valence-electron chi connectivity index (χ1n) is 10.5. The fourth-order valence-corrected chi connectivity index (χ4v) is 5.05. The molecule has 1 unspecified atom stereocenters. The highest BCUT2D eigenvalue weighted by Crippen LogP contribution is 2.33. The normalized spacial score (nSPS) is 18.0. The summed E-state index contributed by atoms with van der Waals surface area (Å²) in [5, 5.41) is 7.43. The molecule has 1 aromatic carbocycles. The smallest absolute Gasteiger partial charge is 0.233 e. The van der Waals surface area contributed by atoms with Gasteiger partial charge < -0.3 is 14.8 Å². The number of carbonyl (C=O) groups excluding carboxylic acids is 1. The molecular formula is C22H30ClN3O5S. The third-order valence-electron chi connectivity index (χ3n) is 5.65. The maximum Gasteiger partial charge on any atom is 0.233 e. The zero-order valence-electron chi connectivity index (χ0n) is 18.8. The number of sulfone groups is 1. The summed E-state index contributed by atoms with van der Waals surface area (Å²) in [7, 11) is -1.81. The van der Waals surface area contributed by atoms with Crippen LogP contribution in [0.25, 0.3) is 0 Å². The van der Waals surface area contributed by atoms with Crippen molar-refractivity contribution in [1.82, 2.24) is 9.78 Å². The minimum Gasteiger partial charge on any atom is -0.381 e. The highest BCUT2D eigenvalue weighted by Gasteiger charge is 2.29. The van der Waals surface area contributed by atoms with Crippen molar-refractivity contribution in [2.75, 3.05) is 31.9 Å². The maximum atomic E-state index is 13.3. The fraction of sp³-hybridized carbons (Fsp3) is 0.545. The van der Waals surface area contributed by atoms with E-state index in [1.54, 1.807) is 36.2 Å². The van der Waals surface area contributed by atoms with Crippen LogP contribution in [0.4, 0.5) is 5.82 Å². The quantitative estimate of drug-likeness (QED) is 0.585. The third-order valence-corrected chi connectivity index (χ3v) is 7.23. The summed E-state index contributed by atoms with van der Waals surface area (Å²) in [6.07, 6.45) is 4.33. The zero-order chi connectivity index (χ0) is 23.5. The van der Waals surface area contributed by atoms with Crippen molar-refractivity contribution in [1.29, 1.82) is 0 Å². The van der Waals surface area contributed by atoms with Crippen LogP contribution in [-0.2, 0) is 30.7 Å². The number of hydrogen-bond acceptors (Lipinski definition) is 6. The number of nitrogens with one attached hydrogen (secondary N) is 1. The van der Waals surface area contributed by atoms with E-state index in [4.69, 9.17) is 21.1 Å². The second-order valence-electron chi connectivity index (χ2n) is 8.83. The number of anilines is 1. The number of ether oxygens (including phenoxy) is 2. The van der Waals surface area contributed by atoms with E-state index in [-0.39, 0.29) is 21.7 Å². The summed E-state index contributed by atoms with van der Waals surface area (Å²) in [4.78, 5) is 13.3. The summed E-state index contributed by atoms with van der Waals surface area (Å²) in [5.74, 6) is -0.0719. The molecule has 0 bridgehead atoms. The van der Waals surface area contributed by atoms with E-state index in [1.165, 1.54) is 6.07 Å². The molecular weight excluding hydrogens is 454 g/mol. The molecule has 176 valence electrons. The van der Waals surface area contributed by atoms with E-state index >= 15 is 0 Å². The molecule has 0 radical (unpaired) electrons. The Morgan fingerprint density at radius 2 is 2.16 bits per heavy atom. The van der Waals surface area contributed by atoms with Gasteiger partial charge in [0.05, 0.1) is 28.0 Å². The minimum absolute atomic E-state index is 0.0470. The van der Waals surface area contributed by atoms with Gasteiger partial charge in [-0.2, -0.15) is 5.10 Å². The summed E-state index contributed by atoms with van der Waals surface area (Å²) < 4.78 is 36.4. The largest absolute Gasteiger partial charge is 0.381 e. The lowest BCUT2D eigenvalue weighted by Gasteiger charge is -2.22. The second kappa shape index (κ2) is 9.91. The Labute approximate surface area is 194 Å². The Hall–Kier alpha value is -1.94. The molecule has 8 nitrogen and oxygen atoms in total. The van der Waals surface area contributed by atoms with Gasteiger partial charge in [-0.15, -0.1) is 0 Å². The number of amides is 1. The molecule has 1 amide bonds. The van der Waals surface area contributed by atoms with Crippen LogP contribution in [0.3, 0.4) is 0 Å². The van der Waals surface area contributed by atoms with Gasteiger partial charge in [-0.1, -0.05) is 17.7 Å². The van der Waals surface area contributed by atoms with Crippen LogP contribution < -0.4 is 5.32 Å². The predicted molar refractivity (Wildman–Crippen MR) is 123 cm³/mol. The van der Waals surface area contributed by atoms with Gasteiger partial charge in [0.25, 0.3) is 0 Å². The van der Waals surface area contributed by atoms with Crippen molar-refractivity contribution >= 4 is 33.2 Å². The Kier molecular flexibility index (Phi) is 7.65. The van der Waals surface area contributed by atoms with Gasteiger partial charge in [-0.25, -0.2) is 8.42 Å². The van der Waals surface area contributed by atoms with Crippen LogP contribution in [0.5, 0.6) is 0 Å². The Morgan fingerprint density at radius 1 is 1.41 bits per heavy atom. The molecule has 0 spiro atoms. The van der Waals surface area contributed by atoms with E-state index in [0.29, 0.717) is 37.6 Å². The van der Waals surface area contributed by atoms with Gasteiger partial charge in [-0.05, 0) is 50.3 Å². The molecule has 0 saturated carbocycles. The van der Waals surface area contributed by atoms with Crippen LogP contribution in [0.15, 0.2) is 35.4 Å². The van der Waals surface area contributed by atoms with E-state index in [0.717, 1.165) is 12.7 Å². The van der Waals surface area contributed by atoms with Gasteiger partial charge in [0, 0.05) is 38.8 Å². The molecule has 10 heteroatoms. The number of aromatic nitrogens is 2. The predicted octanol–water partition coefficient (Wildman–Crippen LogP) is 3.51. The van der Waals surface area contributed by atoms with Gasteiger partial charge in [0.1, 0.15) is 0 Å². The van der Waals surface area contributed by atoms with Crippen molar-refractivity contribution in [2.45, 2.75) is 49.6 Å². The lowest BCUT2D eigenvalue weighted by atomic mass is 9.87. The van der Waals surface area contributed by atoms with Crippen molar-refractivity contribution in [3.8, 4) is 0 Å². The highest BCUT2D eigenvalue weighted by atomic mass is 35.5. The van der Waals surface area contributed by atoms with Crippen molar-refractivity contribution in [2.24, 2.45) is 5.92 Å². The van der Waals surface area contributed by atoms with Crippen molar-refractivity contribution in [3.63, 3.8) is 0 Å². The van der Waals surface area contributed by atoms with E-state index in [1.807, 2.05) is 13.8 Å². The summed E-state index contributed by atoms with van der Waals surface area (Å²) >= 11 is 6.26. The fourth-order valence-electron chi connectivity index (χ4n) is 3.72. The minimum atomic E-state index is -3.46. The topological polar surface area (TPSA) is 99.5 Å². The SMILES string of the molecule is COC(C)(C)Cn1ccc(NC(=O)[C@H](CC2CCOC2)c2ccc(S(C)(=O)=O)c(Cl)c2)n1. The number of nitrogens with zero attached hydrogens (tertiary/aromatic N) is 2. The molecule has 2 atom stereocenters. The molecule has 0 aliphatic carbocycles. The summed E-state index contributed by atoms with van der Waals surface area (Å²) in [5.41, 5.74) is 0.267. The van der Waals surface area contributed by atoms with E-state index in [9.17, 15) is 13.2 Å². The van der Waals surface area contributed by atoms with Gasteiger partial charge >= 0.3 is 0 Å². The Morgan fingerprint density at radius 3 is 2.75 bits per heavy atom. The van der Waals surface area contributed by atoms with Crippen LogP contribution in [0, 0.1) is 5.92 Å². The first-order valence-corrected chi connectivity index (χ1v) is 12.7.